The molecule has 0 saturated heterocycles. The van der Waals surface area contributed by atoms with Gasteiger partial charge in [-0.1, -0.05) is 29.3 Å². The Bertz CT molecular complexity index is 1680. The molecule has 0 spiro atoms. The maximum atomic E-state index is 14.2. The second-order valence-corrected chi connectivity index (χ2v) is 9.98. The predicted octanol–water partition coefficient (Wildman–Crippen LogP) is 6.36. The molecule has 1 aliphatic carbocycles. The number of halogens is 4. The van der Waals surface area contributed by atoms with Crippen LogP contribution in [0.3, 0.4) is 0 Å². The highest BCUT2D eigenvalue weighted by Crippen LogP contribution is 2.34. The van der Waals surface area contributed by atoms with E-state index < -0.39 is 29.8 Å². The number of hydrogen-bond acceptors (Lipinski definition) is 3. The zero-order valence-electron chi connectivity index (χ0n) is 21.1. The lowest BCUT2D eigenvalue weighted by Crippen LogP contribution is -2.33. The molecule has 2 aromatic carbocycles. The fourth-order valence-corrected chi connectivity index (χ4v) is 5.11. The summed E-state index contributed by atoms with van der Waals surface area (Å²) >= 11 is 6.08. The minimum atomic E-state index is -1.49. The lowest BCUT2D eigenvalue weighted by Gasteiger charge is -2.24. The molecule has 3 N–H and O–H groups in total. The summed E-state index contributed by atoms with van der Waals surface area (Å²) in [6.45, 7) is -0.0365. The second-order valence-electron chi connectivity index (χ2n) is 9.54. The predicted molar refractivity (Wildman–Crippen MR) is 147 cm³/mol. The van der Waals surface area contributed by atoms with Gasteiger partial charge in [0.25, 0.3) is 5.91 Å². The molecule has 10 heteroatoms. The monoisotopic (exact) mass is 564 g/mol. The van der Waals surface area contributed by atoms with E-state index in [4.69, 9.17) is 17.3 Å². The Balaban J connectivity index is 1.50. The van der Waals surface area contributed by atoms with Crippen LogP contribution in [0.2, 0.25) is 5.02 Å². The smallest absolute Gasteiger partial charge is 0.251 e. The Hall–Kier alpha value is -4.37. The number of rotatable bonds is 8. The van der Waals surface area contributed by atoms with Gasteiger partial charge < -0.3 is 15.6 Å². The largest absolute Gasteiger partial charge is 0.366 e. The van der Waals surface area contributed by atoms with E-state index in [0.29, 0.717) is 27.4 Å². The lowest BCUT2D eigenvalue weighted by atomic mass is 9.91. The third-order valence-electron chi connectivity index (χ3n) is 6.70. The van der Waals surface area contributed by atoms with E-state index >= 15 is 0 Å². The zero-order valence-corrected chi connectivity index (χ0v) is 21.8. The number of nitrogens with two attached hydrogens (primary N) is 1. The molecule has 2 atom stereocenters. The van der Waals surface area contributed by atoms with Crippen molar-refractivity contribution in [2.45, 2.75) is 31.6 Å². The number of fused-ring (bicyclic) bond motifs is 1. The fraction of sp³-hybridized carbons (Fsp3) is 0.167. The van der Waals surface area contributed by atoms with Gasteiger partial charge in [-0.2, -0.15) is 0 Å². The van der Waals surface area contributed by atoms with Crippen LogP contribution < -0.4 is 11.1 Å². The number of nitrogens with zero attached hydrogens (tertiary/aromatic N) is 2. The number of hydrogen-bond donors (Lipinski definition) is 2. The summed E-state index contributed by atoms with van der Waals surface area (Å²) in [7, 11) is 0. The molecule has 5 rings (SSSR count). The van der Waals surface area contributed by atoms with E-state index in [2.05, 4.69) is 10.3 Å². The molecule has 2 aromatic heterocycles. The summed E-state index contributed by atoms with van der Waals surface area (Å²) in [5.74, 6) is -2.76. The van der Waals surface area contributed by atoms with Gasteiger partial charge in [0.1, 0.15) is 24.4 Å². The molecule has 0 radical (unpaired) electrons. The Morgan fingerprint density at radius 2 is 1.98 bits per heavy atom. The van der Waals surface area contributed by atoms with Crippen LogP contribution >= 0.6 is 11.6 Å². The topological polar surface area (TPSA) is 90.0 Å². The third kappa shape index (κ3) is 5.94. The molecular formula is C30H24ClF3N4O2. The van der Waals surface area contributed by atoms with Gasteiger partial charge in [-0.25, -0.2) is 13.2 Å². The number of pyridine rings is 1. The van der Waals surface area contributed by atoms with Crippen molar-refractivity contribution in [1.82, 2.24) is 14.9 Å². The minimum absolute atomic E-state index is 0.0344. The van der Waals surface area contributed by atoms with Crippen molar-refractivity contribution in [3.63, 3.8) is 0 Å². The number of nitrogens with one attached hydrogen (secondary N) is 1. The first kappa shape index (κ1) is 27.2. The van der Waals surface area contributed by atoms with Crippen molar-refractivity contribution in [3.8, 4) is 11.1 Å². The van der Waals surface area contributed by atoms with E-state index in [1.165, 1.54) is 24.4 Å². The van der Waals surface area contributed by atoms with Crippen LogP contribution in [0.25, 0.3) is 22.0 Å². The van der Waals surface area contributed by atoms with E-state index in [-0.39, 0.29) is 30.9 Å². The number of benzene rings is 2. The van der Waals surface area contributed by atoms with Gasteiger partial charge in [0.15, 0.2) is 0 Å². The molecule has 2 heterocycles. The maximum Gasteiger partial charge on any atom is 0.251 e. The molecule has 1 aliphatic rings. The molecule has 2 unspecified atom stereocenters. The zero-order chi connectivity index (χ0) is 28.4. The molecule has 40 heavy (non-hydrogen) atoms. The van der Waals surface area contributed by atoms with Crippen LogP contribution in [0, 0.1) is 5.82 Å². The van der Waals surface area contributed by atoms with Crippen molar-refractivity contribution >= 4 is 34.3 Å². The van der Waals surface area contributed by atoms with E-state index in [1.54, 1.807) is 35.0 Å². The average Bonchev–Trinajstić information content (AvgIpc) is 3.29. The number of carbonyl (C=O) groups excluding carboxylic acids is 2. The highest BCUT2D eigenvalue weighted by Gasteiger charge is 2.25. The van der Waals surface area contributed by atoms with Crippen molar-refractivity contribution < 1.29 is 22.8 Å². The molecule has 0 bridgehead atoms. The molecule has 0 saturated carbocycles. The molecule has 0 fully saturated rings. The van der Waals surface area contributed by atoms with Crippen LogP contribution in [-0.2, 0) is 11.3 Å². The molecule has 2 amide bonds. The number of carbonyl (C=O) groups is 2. The van der Waals surface area contributed by atoms with Crippen molar-refractivity contribution in [2.75, 3.05) is 0 Å². The third-order valence-corrected chi connectivity index (χ3v) is 6.93. The van der Waals surface area contributed by atoms with Crippen LogP contribution in [-0.4, -0.2) is 27.5 Å². The van der Waals surface area contributed by atoms with Crippen molar-refractivity contribution in [3.05, 3.63) is 113 Å². The van der Waals surface area contributed by atoms with Gasteiger partial charge in [0, 0.05) is 40.3 Å². The lowest BCUT2D eigenvalue weighted by molar-refractivity contribution is -0.122. The molecule has 6 nitrogen and oxygen atoms in total. The van der Waals surface area contributed by atoms with Gasteiger partial charge in [-0.3, -0.25) is 14.6 Å². The number of primary amides is 1. The highest BCUT2D eigenvalue weighted by molar-refractivity contribution is 6.31. The first-order valence-electron chi connectivity index (χ1n) is 12.5. The fourth-order valence-electron chi connectivity index (χ4n) is 4.93. The Kier molecular flexibility index (Phi) is 7.75. The first-order chi connectivity index (χ1) is 19.2. The summed E-state index contributed by atoms with van der Waals surface area (Å²) in [6.07, 6.45) is 3.99. The van der Waals surface area contributed by atoms with Gasteiger partial charge in [-0.15, -0.1) is 0 Å². The van der Waals surface area contributed by atoms with Crippen LogP contribution in [0.5, 0.6) is 0 Å². The van der Waals surface area contributed by atoms with E-state index in [1.807, 2.05) is 12.1 Å². The summed E-state index contributed by atoms with van der Waals surface area (Å²) in [6, 6.07) is 13.7. The summed E-state index contributed by atoms with van der Waals surface area (Å²) in [5, 5.41) is 4.41. The SMILES string of the molecule is NC(=O)c1cc(-c2cccnc2C(CC2=CC(F)=CC(F)C2)NC(=O)Cn2ccc3cc(Cl)ccc32)ccc1F. The normalized spacial score (nSPS) is 15.8. The van der Waals surface area contributed by atoms with Gasteiger partial charge in [0.05, 0.1) is 17.3 Å². The molecule has 4 aromatic rings. The van der Waals surface area contributed by atoms with Crippen molar-refractivity contribution in [1.29, 1.82) is 0 Å². The Morgan fingerprint density at radius 3 is 2.75 bits per heavy atom. The van der Waals surface area contributed by atoms with Crippen LogP contribution in [0.15, 0.2) is 90.5 Å². The van der Waals surface area contributed by atoms with Gasteiger partial charge >= 0.3 is 0 Å². The summed E-state index contributed by atoms with van der Waals surface area (Å²) in [4.78, 5) is 29.6. The van der Waals surface area contributed by atoms with Crippen molar-refractivity contribution in [2.24, 2.45) is 5.73 Å². The molecule has 0 aliphatic heterocycles. The van der Waals surface area contributed by atoms with Gasteiger partial charge in [0.2, 0.25) is 5.91 Å². The minimum Gasteiger partial charge on any atom is -0.366 e. The van der Waals surface area contributed by atoms with Crippen LogP contribution in [0.1, 0.15) is 34.9 Å². The first-order valence-corrected chi connectivity index (χ1v) is 12.8. The van der Waals surface area contributed by atoms with Gasteiger partial charge in [-0.05, 0) is 66.6 Å². The second kappa shape index (κ2) is 11.4. The highest BCUT2D eigenvalue weighted by atomic mass is 35.5. The quantitative estimate of drug-likeness (QED) is 0.261. The summed E-state index contributed by atoms with van der Waals surface area (Å²) < 4.78 is 44.2. The number of aromatic nitrogens is 2. The summed E-state index contributed by atoms with van der Waals surface area (Å²) in [5.41, 5.74) is 7.63. The average molecular weight is 565 g/mol. The maximum absolute atomic E-state index is 14.2. The number of amides is 2. The van der Waals surface area contributed by atoms with E-state index in [0.717, 1.165) is 23.0 Å². The van der Waals surface area contributed by atoms with E-state index in [9.17, 15) is 22.8 Å². The number of allylic oxidation sites excluding steroid dienone is 3. The Morgan fingerprint density at radius 1 is 1.15 bits per heavy atom. The standard InChI is InChI=1S/C30H24ClF3N4O2/c31-20-4-6-27-19(13-20)7-9-38(27)16-28(39)37-26(12-17-10-21(32)15-22(33)11-17)29-23(2-1-8-36-29)18-3-5-25(34)24(14-18)30(35)40/h1-10,13-15,22,26H,11-12,16H2,(H2,35,40)(H,37,39). The molecule has 204 valence electrons. The van der Waals surface area contributed by atoms with Crippen LogP contribution in [0.4, 0.5) is 13.2 Å². The molecular weight excluding hydrogens is 541 g/mol. The number of alkyl halides is 1. The Labute approximate surface area is 233 Å².